The standard InChI is InChI=1S/C14H16ClNO2/c15-12-5-9(3-4-11(12)8-1-2-8)13-6-10(7-16-13)14(17)18/h3-5,8,10,13,16H,1-2,6-7H2,(H,17,18). The van der Waals surface area contributed by atoms with Crippen LogP contribution < -0.4 is 5.32 Å². The molecule has 1 saturated heterocycles. The van der Waals surface area contributed by atoms with Crippen molar-refractivity contribution >= 4 is 17.6 Å². The molecule has 2 N–H and O–H groups in total. The van der Waals surface area contributed by atoms with Gasteiger partial charge < -0.3 is 10.4 Å². The summed E-state index contributed by atoms with van der Waals surface area (Å²) in [4.78, 5) is 10.9. The summed E-state index contributed by atoms with van der Waals surface area (Å²) in [6.07, 6.45) is 3.12. The Bertz CT molecular complexity index is 485. The molecule has 0 radical (unpaired) electrons. The number of aliphatic carboxylic acids is 1. The maximum absolute atomic E-state index is 10.9. The summed E-state index contributed by atoms with van der Waals surface area (Å²) >= 11 is 6.30. The number of halogens is 1. The number of carboxylic acids is 1. The second-order valence-electron chi connectivity index (χ2n) is 5.29. The van der Waals surface area contributed by atoms with Crippen LogP contribution in [0.15, 0.2) is 18.2 Å². The topological polar surface area (TPSA) is 49.3 Å². The summed E-state index contributed by atoms with van der Waals surface area (Å²) in [5, 5.41) is 13.1. The Morgan fingerprint density at radius 1 is 1.39 bits per heavy atom. The minimum Gasteiger partial charge on any atom is -0.481 e. The summed E-state index contributed by atoms with van der Waals surface area (Å²) in [6, 6.07) is 6.31. The van der Waals surface area contributed by atoms with Gasteiger partial charge in [-0.3, -0.25) is 4.79 Å². The van der Waals surface area contributed by atoms with Gasteiger partial charge in [-0.1, -0.05) is 23.7 Å². The fraction of sp³-hybridized carbons (Fsp3) is 0.500. The molecule has 1 saturated carbocycles. The maximum atomic E-state index is 10.9. The predicted molar refractivity (Wildman–Crippen MR) is 69.9 cm³/mol. The molecule has 1 heterocycles. The molecule has 2 fully saturated rings. The molecule has 1 aliphatic carbocycles. The first kappa shape index (κ1) is 12.0. The van der Waals surface area contributed by atoms with E-state index in [1.54, 1.807) is 0 Å². The van der Waals surface area contributed by atoms with Crippen LogP contribution in [0, 0.1) is 5.92 Å². The average molecular weight is 266 g/mol. The lowest BCUT2D eigenvalue weighted by Crippen LogP contribution is -2.17. The van der Waals surface area contributed by atoms with Gasteiger partial charge in [0, 0.05) is 17.6 Å². The van der Waals surface area contributed by atoms with Gasteiger partial charge in [-0.15, -0.1) is 0 Å². The Balaban J connectivity index is 1.77. The molecular formula is C14H16ClNO2. The van der Waals surface area contributed by atoms with Gasteiger partial charge in [0.05, 0.1) is 5.92 Å². The van der Waals surface area contributed by atoms with E-state index in [2.05, 4.69) is 17.4 Å². The zero-order valence-electron chi connectivity index (χ0n) is 10.0. The highest BCUT2D eigenvalue weighted by Gasteiger charge is 2.31. The molecule has 4 heteroatoms. The first-order valence-corrected chi connectivity index (χ1v) is 6.78. The molecular weight excluding hydrogens is 250 g/mol. The third kappa shape index (κ3) is 2.25. The van der Waals surface area contributed by atoms with Gasteiger partial charge >= 0.3 is 5.97 Å². The van der Waals surface area contributed by atoms with Crippen molar-refractivity contribution in [2.75, 3.05) is 6.54 Å². The molecule has 96 valence electrons. The molecule has 0 amide bonds. The van der Waals surface area contributed by atoms with E-state index in [9.17, 15) is 4.79 Å². The molecule has 3 nitrogen and oxygen atoms in total. The molecule has 1 aromatic rings. The third-order valence-electron chi connectivity index (χ3n) is 3.92. The Morgan fingerprint density at radius 2 is 2.17 bits per heavy atom. The third-order valence-corrected chi connectivity index (χ3v) is 4.25. The number of hydrogen-bond acceptors (Lipinski definition) is 2. The van der Waals surface area contributed by atoms with E-state index in [-0.39, 0.29) is 12.0 Å². The van der Waals surface area contributed by atoms with E-state index in [0.717, 1.165) is 10.6 Å². The van der Waals surface area contributed by atoms with Gasteiger partial charge in [0.1, 0.15) is 0 Å². The smallest absolute Gasteiger partial charge is 0.307 e. The van der Waals surface area contributed by atoms with Crippen LogP contribution in [0.3, 0.4) is 0 Å². The number of nitrogens with one attached hydrogen (secondary N) is 1. The van der Waals surface area contributed by atoms with Gasteiger partial charge in [-0.25, -0.2) is 0 Å². The van der Waals surface area contributed by atoms with E-state index in [1.165, 1.54) is 18.4 Å². The normalized spacial score (nSPS) is 27.4. The van der Waals surface area contributed by atoms with Crippen LogP contribution in [0.5, 0.6) is 0 Å². The summed E-state index contributed by atoms with van der Waals surface area (Å²) < 4.78 is 0. The Morgan fingerprint density at radius 3 is 2.72 bits per heavy atom. The Hall–Kier alpha value is -1.06. The second kappa shape index (κ2) is 4.56. The maximum Gasteiger partial charge on any atom is 0.307 e. The first-order chi connectivity index (χ1) is 8.65. The molecule has 0 aromatic heterocycles. The van der Waals surface area contributed by atoms with E-state index in [4.69, 9.17) is 16.7 Å². The zero-order chi connectivity index (χ0) is 12.7. The molecule has 0 bridgehead atoms. The number of carboxylic acid groups (broad SMARTS) is 1. The fourth-order valence-corrected chi connectivity index (χ4v) is 3.01. The van der Waals surface area contributed by atoms with Crippen LogP contribution in [-0.4, -0.2) is 17.6 Å². The lowest BCUT2D eigenvalue weighted by molar-refractivity contribution is -0.141. The van der Waals surface area contributed by atoms with Crippen LogP contribution in [0.2, 0.25) is 5.02 Å². The van der Waals surface area contributed by atoms with Crippen LogP contribution >= 0.6 is 11.6 Å². The quantitative estimate of drug-likeness (QED) is 0.883. The van der Waals surface area contributed by atoms with Crippen molar-refractivity contribution in [3.8, 4) is 0 Å². The van der Waals surface area contributed by atoms with Crippen molar-refractivity contribution in [3.05, 3.63) is 34.3 Å². The van der Waals surface area contributed by atoms with Crippen molar-refractivity contribution in [1.29, 1.82) is 0 Å². The van der Waals surface area contributed by atoms with Gasteiger partial charge in [0.15, 0.2) is 0 Å². The highest BCUT2D eigenvalue weighted by atomic mass is 35.5. The molecule has 2 aliphatic rings. The minimum atomic E-state index is -0.717. The van der Waals surface area contributed by atoms with Crippen LogP contribution in [0.4, 0.5) is 0 Å². The van der Waals surface area contributed by atoms with Crippen molar-refractivity contribution in [1.82, 2.24) is 5.32 Å². The van der Waals surface area contributed by atoms with Gasteiger partial charge in [0.2, 0.25) is 0 Å². The zero-order valence-corrected chi connectivity index (χ0v) is 10.8. The first-order valence-electron chi connectivity index (χ1n) is 6.40. The molecule has 3 rings (SSSR count). The van der Waals surface area contributed by atoms with Gasteiger partial charge in [0.25, 0.3) is 0 Å². The van der Waals surface area contributed by atoms with Crippen molar-refractivity contribution in [2.45, 2.75) is 31.2 Å². The molecule has 2 atom stereocenters. The Kier molecular flexibility index (Phi) is 3.04. The minimum absolute atomic E-state index is 0.122. The van der Waals surface area contributed by atoms with Crippen molar-refractivity contribution < 1.29 is 9.90 Å². The van der Waals surface area contributed by atoms with Crippen LogP contribution in [0.1, 0.15) is 42.3 Å². The molecule has 0 spiro atoms. The second-order valence-corrected chi connectivity index (χ2v) is 5.69. The number of benzene rings is 1. The average Bonchev–Trinajstić information content (AvgIpc) is 3.05. The molecule has 18 heavy (non-hydrogen) atoms. The summed E-state index contributed by atoms with van der Waals surface area (Å²) in [5.41, 5.74) is 2.35. The molecule has 1 aromatic carbocycles. The van der Waals surface area contributed by atoms with Crippen LogP contribution in [0.25, 0.3) is 0 Å². The van der Waals surface area contributed by atoms with Gasteiger partial charge in [-0.2, -0.15) is 0 Å². The highest BCUT2D eigenvalue weighted by molar-refractivity contribution is 6.31. The van der Waals surface area contributed by atoms with E-state index < -0.39 is 5.97 Å². The van der Waals surface area contributed by atoms with E-state index >= 15 is 0 Å². The summed E-state index contributed by atoms with van der Waals surface area (Å²) in [5.74, 6) is -0.350. The summed E-state index contributed by atoms with van der Waals surface area (Å²) in [6.45, 7) is 0.544. The lowest BCUT2D eigenvalue weighted by Gasteiger charge is -2.12. The number of hydrogen-bond donors (Lipinski definition) is 2. The van der Waals surface area contributed by atoms with Crippen molar-refractivity contribution in [2.24, 2.45) is 5.92 Å². The number of carbonyl (C=O) groups is 1. The Labute approximate surface area is 111 Å². The summed E-state index contributed by atoms with van der Waals surface area (Å²) in [7, 11) is 0. The SMILES string of the molecule is O=C(O)C1CNC(c2ccc(C3CC3)c(Cl)c2)C1. The van der Waals surface area contributed by atoms with E-state index in [1.807, 2.05) is 6.07 Å². The molecule has 2 unspecified atom stereocenters. The lowest BCUT2D eigenvalue weighted by atomic mass is 9.98. The predicted octanol–water partition coefficient (Wildman–Crippen LogP) is 2.95. The van der Waals surface area contributed by atoms with E-state index in [0.29, 0.717) is 18.9 Å². The van der Waals surface area contributed by atoms with Gasteiger partial charge in [-0.05, 0) is 42.4 Å². The number of rotatable bonds is 3. The van der Waals surface area contributed by atoms with Crippen LogP contribution in [-0.2, 0) is 4.79 Å². The fourth-order valence-electron chi connectivity index (χ4n) is 2.66. The molecule has 1 aliphatic heterocycles. The largest absolute Gasteiger partial charge is 0.481 e. The monoisotopic (exact) mass is 265 g/mol. The van der Waals surface area contributed by atoms with Crippen molar-refractivity contribution in [3.63, 3.8) is 0 Å². The highest BCUT2D eigenvalue weighted by Crippen LogP contribution is 2.44.